The fourth-order valence-corrected chi connectivity index (χ4v) is 4.72. The Morgan fingerprint density at radius 2 is 1.93 bits per heavy atom. The molecule has 0 radical (unpaired) electrons. The zero-order chi connectivity index (χ0) is 18.4. The van der Waals surface area contributed by atoms with Gasteiger partial charge in [0.15, 0.2) is 0 Å². The van der Waals surface area contributed by atoms with Crippen molar-refractivity contribution in [3.05, 3.63) is 71.0 Å². The Hall–Kier alpha value is -2.40. The second kappa shape index (κ2) is 6.34. The van der Waals surface area contributed by atoms with Crippen molar-refractivity contribution in [2.24, 2.45) is 5.41 Å². The van der Waals surface area contributed by atoms with Gasteiger partial charge in [0.1, 0.15) is 5.82 Å². The van der Waals surface area contributed by atoms with Gasteiger partial charge in [-0.3, -0.25) is 0 Å². The van der Waals surface area contributed by atoms with E-state index in [9.17, 15) is 9.18 Å². The van der Waals surface area contributed by atoms with Crippen molar-refractivity contribution >= 4 is 6.03 Å². The second-order valence-electron chi connectivity index (χ2n) is 8.09. The van der Waals surface area contributed by atoms with Gasteiger partial charge in [0.05, 0.1) is 6.04 Å². The molecule has 2 amide bonds. The number of carbonyl (C=O) groups excluding carboxylic acids is 1. The number of rotatable bonds is 2. The van der Waals surface area contributed by atoms with E-state index in [-0.39, 0.29) is 29.3 Å². The molecule has 1 saturated heterocycles. The molecule has 5 rings (SSSR count). The molecule has 5 heteroatoms. The van der Waals surface area contributed by atoms with Gasteiger partial charge in [-0.1, -0.05) is 36.4 Å². The molecule has 2 aliphatic heterocycles. The van der Waals surface area contributed by atoms with Crippen LogP contribution in [-0.2, 0) is 6.42 Å². The number of amides is 2. The summed E-state index contributed by atoms with van der Waals surface area (Å²) in [5, 5.41) is 6.72. The highest BCUT2D eigenvalue weighted by atomic mass is 19.1. The Balaban J connectivity index is 1.46. The van der Waals surface area contributed by atoms with Gasteiger partial charge in [-0.05, 0) is 48.1 Å². The number of nitrogens with one attached hydrogen (secondary N) is 2. The van der Waals surface area contributed by atoms with Crippen LogP contribution in [0.5, 0.6) is 0 Å². The molecule has 1 saturated carbocycles. The molecule has 27 heavy (non-hydrogen) atoms. The lowest BCUT2D eigenvalue weighted by atomic mass is 9.88. The highest BCUT2D eigenvalue weighted by molar-refractivity contribution is 5.76. The quantitative estimate of drug-likeness (QED) is 0.858. The monoisotopic (exact) mass is 365 g/mol. The predicted molar refractivity (Wildman–Crippen MR) is 102 cm³/mol. The zero-order valence-electron chi connectivity index (χ0n) is 15.2. The molecule has 0 unspecified atom stereocenters. The van der Waals surface area contributed by atoms with Crippen molar-refractivity contribution in [3.8, 4) is 0 Å². The van der Waals surface area contributed by atoms with E-state index < -0.39 is 0 Å². The number of fused-ring (bicyclic) bond motifs is 1. The molecule has 2 aromatic carbocycles. The molecule has 2 aromatic rings. The van der Waals surface area contributed by atoms with E-state index >= 15 is 0 Å². The van der Waals surface area contributed by atoms with Crippen LogP contribution in [0.25, 0.3) is 0 Å². The van der Waals surface area contributed by atoms with Crippen LogP contribution in [0, 0.1) is 11.2 Å². The topological polar surface area (TPSA) is 44.4 Å². The van der Waals surface area contributed by atoms with Gasteiger partial charge in [-0.15, -0.1) is 0 Å². The molecule has 0 aromatic heterocycles. The number of halogens is 1. The molecule has 4 nitrogen and oxygen atoms in total. The molecule has 0 bridgehead atoms. The lowest BCUT2D eigenvalue weighted by Gasteiger charge is -2.38. The van der Waals surface area contributed by atoms with Crippen molar-refractivity contribution < 1.29 is 9.18 Å². The van der Waals surface area contributed by atoms with Crippen LogP contribution in [0.1, 0.15) is 35.6 Å². The Labute approximate surface area is 158 Å². The zero-order valence-corrected chi connectivity index (χ0v) is 15.2. The molecule has 1 spiro atoms. The van der Waals surface area contributed by atoms with Crippen LogP contribution in [0.4, 0.5) is 9.18 Å². The number of nitrogens with zero attached hydrogens (tertiary/aromatic N) is 1. The van der Waals surface area contributed by atoms with Crippen molar-refractivity contribution in [2.75, 3.05) is 19.6 Å². The SMILES string of the molecule is O=C(N[C@@H]1CNCC12CC2)N1CCc2ccccc2[C@@H]1c1ccc(F)cc1. The van der Waals surface area contributed by atoms with Crippen LogP contribution in [-0.4, -0.2) is 36.6 Å². The Morgan fingerprint density at radius 1 is 1.15 bits per heavy atom. The third-order valence-corrected chi connectivity index (χ3v) is 6.48. The highest BCUT2D eigenvalue weighted by Crippen LogP contribution is 2.50. The van der Waals surface area contributed by atoms with E-state index in [0.717, 1.165) is 30.6 Å². The molecule has 2 atom stereocenters. The highest BCUT2D eigenvalue weighted by Gasteiger charge is 2.53. The normalized spacial score (nSPS) is 25.3. The molecule has 2 N–H and O–H groups in total. The summed E-state index contributed by atoms with van der Waals surface area (Å²) in [5.74, 6) is -0.258. The predicted octanol–water partition coefficient (Wildman–Crippen LogP) is 3.23. The molecule has 2 fully saturated rings. The van der Waals surface area contributed by atoms with Crippen molar-refractivity contribution in [3.63, 3.8) is 0 Å². The third-order valence-electron chi connectivity index (χ3n) is 6.48. The molecular weight excluding hydrogens is 341 g/mol. The first-order chi connectivity index (χ1) is 13.2. The third kappa shape index (κ3) is 2.90. The summed E-state index contributed by atoms with van der Waals surface area (Å²) in [5.41, 5.74) is 3.62. The van der Waals surface area contributed by atoms with E-state index in [1.165, 1.54) is 30.5 Å². The minimum atomic E-state index is -0.258. The van der Waals surface area contributed by atoms with Gasteiger partial charge < -0.3 is 15.5 Å². The first-order valence-corrected chi connectivity index (χ1v) is 9.77. The number of hydrogen-bond donors (Lipinski definition) is 2. The average molecular weight is 365 g/mol. The van der Waals surface area contributed by atoms with Crippen LogP contribution >= 0.6 is 0 Å². The minimum Gasteiger partial charge on any atom is -0.333 e. The summed E-state index contributed by atoms with van der Waals surface area (Å²) in [6, 6.07) is 14.8. The smallest absolute Gasteiger partial charge is 0.318 e. The number of urea groups is 1. The molecule has 1 aliphatic carbocycles. The van der Waals surface area contributed by atoms with Gasteiger partial charge in [-0.2, -0.15) is 0 Å². The fraction of sp³-hybridized carbons (Fsp3) is 0.409. The van der Waals surface area contributed by atoms with E-state index in [1.54, 1.807) is 12.1 Å². The van der Waals surface area contributed by atoms with Crippen molar-refractivity contribution in [1.82, 2.24) is 15.5 Å². The van der Waals surface area contributed by atoms with Crippen LogP contribution in [0.2, 0.25) is 0 Å². The Morgan fingerprint density at radius 3 is 2.70 bits per heavy atom. The fourth-order valence-electron chi connectivity index (χ4n) is 4.72. The van der Waals surface area contributed by atoms with Crippen LogP contribution in [0.15, 0.2) is 48.5 Å². The summed E-state index contributed by atoms with van der Waals surface area (Å²) in [6.07, 6.45) is 3.22. The summed E-state index contributed by atoms with van der Waals surface area (Å²) in [6.45, 7) is 2.51. The number of benzene rings is 2. The van der Waals surface area contributed by atoms with Gasteiger partial charge in [-0.25, -0.2) is 9.18 Å². The summed E-state index contributed by atoms with van der Waals surface area (Å²) in [4.78, 5) is 15.2. The maximum absolute atomic E-state index is 13.5. The summed E-state index contributed by atoms with van der Waals surface area (Å²) < 4.78 is 13.5. The Bertz CT molecular complexity index is 862. The van der Waals surface area contributed by atoms with Gasteiger partial charge >= 0.3 is 6.03 Å². The maximum Gasteiger partial charge on any atom is 0.318 e. The lowest BCUT2D eigenvalue weighted by Crippen LogP contribution is -2.51. The van der Waals surface area contributed by atoms with E-state index in [2.05, 4.69) is 22.8 Å². The van der Waals surface area contributed by atoms with E-state index in [0.29, 0.717) is 6.54 Å². The molecule has 140 valence electrons. The number of hydrogen-bond acceptors (Lipinski definition) is 2. The van der Waals surface area contributed by atoms with Crippen molar-refractivity contribution in [2.45, 2.75) is 31.3 Å². The first-order valence-electron chi connectivity index (χ1n) is 9.77. The van der Waals surface area contributed by atoms with Gasteiger partial charge in [0.25, 0.3) is 0 Å². The maximum atomic E-state index is 13.5. The van der Waals surface area contributed by atoms with E-state index in [4.69, 9.17) is 0 Å². The summed E-state index contributed by atoms with van der Waals surface area (Å²) >= 11 is 0. The molecule has 2 heterocycles. The van der Waals surface area contributed by atoms with E-state index in [1.807, 2.05) is 17.0 Å². The first kappa shape index (κ1) is 16.8. The molecule has 3 aliphatic rings. The minimum absolute atomic E-state index is 0.0150. The van der Waals surface area contributed by atoms with Crippen molar-refractivity contribution in [1.29, 1.82) is 0 Å². The average Bonchev–Trinajstić information content (AvgIpc) is 3.37. The molecular formula is C22H24FN3O. The summed E-state index contributed by atoms with van der Waals surface area (Å²) in [7, 11) is 0. The van der Waals surface area contributed by atoms with Crippen LogP contribution < -0.4 is 10.6 Å². The lowest BCUT2D eigenvalue weighted by molar-refractivity contribution is 0.173. The number of carbonyl (C=O) groups is 1. The standard InChI is InChI=1S/C22H24FN3O/c23-17-7-5-16(6-8-17)20-18-4-2-1-3-15(18)9-12-26(20)21(27)25-19-13-24-14-22(19)10-11-22/h1-8,19-20,24H,9-14H2,(H,25,27)/t19-,20+/m1/s1. The second-order valence-corrected chi connectivity index (χ2v) is 8.09. The van der Waals surface area contributed by atoms with Gasteiger partial charge in [0.2, 0.25) is 0 Å². The van der Waals surface area contributed by atoms with Crippen LogP contribution in [0.3, 0.4) is 0 Å². The Kier molecular flexibility index (Phi) is 3.93. The van der Waals surface area contributed by atoms with Gasteiger partial charge in [0, 0.05) is 31.1 Å². The largest absolute Gasteiger partial charge is 0.333 e.